The number of hydrogen-bond donors (Lipinski definition) is 1. The standard InChI is InChI=1S/C20H28N6O3/c1-20(2,3)29-19(28)25-10-6-15(7-11-25)12-18(27)22-13-16-14-26(24-23-16)17-4-8-21-9-5-17/h4-5,8-9,14-15H,6-7,10-13H2,1-3H3,(H,22,27). The quantitative estimate of drug-likeness (QED) is 0.826. The molecule has 0 aromatic carbocycles. The van der Waals surface area contributed by atoms with Crippen LogP contribution in [0.1, 0.15) is 45.7 Å². The number of hydrogen-bond acceptors (Lipinski definition) is 6. The second-order valence-electron chi connectivity index (χ2n) is 8.25. The predicted molar refractivity (Wildman–Crippen MR) is 106 cm³/mol. The molecule has 9 nitrogen and oxygen atoms in total. The monoisotopic (exact) mass is 400 g/mol. The van der Waals surface area contributed by atoms with Crippen molar-refractivity contribution in [1.29, 1.82) is 0 Å². The van der Waals surface area contributed by atoms with Gasteiger partial charge < -0.3 is 15.0 Å². The summed E-state index contributed by atoms with van der Waals surface area (Å²) < 4.78 is 7.05. The van der Waals surface area contributed by atoms with Crippen molar-refractivity contribution in [1.82, 2.24) is 30.2 Å². The molecule has 9 heteroatoms. The van der Waals surface area contributed by atoms with Crippen LogP contribution in [0.5, 0.6) is 0 Å². The minimum absolute atomic E-state index is 0.0146. The largest absolute Gasteiger partial charge is 0.444 e. The minimum atomic E-state index is -0.493. The van der Waals surface area contributed by atoms with Crippen molar-refractivity contribution in [3.05, 3.63) is 36.4 Å². The first-order valence-electron chi connectivity index (χ1n) is 9.86. The average Bonchev–Trinajstić information content (AvgIpc) is 3.15. The number of carbonyl (C=O) groups is 2. The number of amides is 2. The van der Waals surface area contributed by atoms with Crippen molar-refractivity contribution in [3.8, 4) is 5.69 Å². The lowest BCUT2D eigenvalue weighted by Gasteiger charge is -2.33. The van der Waals surface area contributed by atoms with E-state index in [1.54, 1.807) is 28.2 Å². The fraction of sp³-hybridized carbons (Fsp3) is 0.550. The Morgan fingerprint density at radius 1 is 1.21 bits per heavy atom. The zero-order valence-electron chi connectivity index (χ0n) is 17.2. The van der Waals surface area contributed by atoms with Gasteiger partial charge in [-0.3, -0.25) is 9.78 Å². The molecular weight excluding hydrogens is 372 g/mol. The van der Waals surface area contributed by atoms with Gasteiger partial charge in [-0.15, -0.1) is 5.10 Å². The van der Waals surface area contributed by atoms with E-state index in [0.29, 0.717) is 31.7 Å². The van der Waals surface area contributed by atoms with Crippen LogP contribution in [-0.2, 0) is 16.1 Å². The molecule has 156 valence electrons. The summed E-state index contributed by atoms with van der Waals surface area (Å²) in [5.41, 5.74) is 1.06. The number of carbonyl (C=O) groups excluding carboxylic acids is 2. The molecule has 0 aliphatic carbocycles. The summed E-state index contributed by atoms with van der Waals surface area (Å²) in [7, 11) is 0. The van der Waals surface area contributed by atoms with Gasteiger partial charge in [-0.2, -0.15) is 0 Å². The topological polar surface area (TPSA) is 102 Å². The second kappa shape index (κ2) is 9.02. The summed E-state index contributed by atoms with van der Waals surface area (Å²) >= 11 is 0. The van der Waals surface area contributed by atoms with Crippen LogP contribution in [0.2, 0.25) is 0 Å². The van der Waals surface area contributed by atoms with E-state index in [-0.39, 0.29) is 17.9 Å². The molecule has 0 atom stereocenters. The van der Waals surface area contributed by atoms with Crippen LogP contribution in [0, 0.1) is 5.92 Å². The van der Waals surface area contributed by atoms with Crippen LogP contribution in [0.15, 0.2) is 30.7 Å². The van der Waals surface area contributed by atoms with E-state index >= 15 is 0 Å². The molecule has 29 heavy (non-hydrogen) atoms. The summed E-state index contributed by atoms with van der Waals surface area (Å²) in [6.07, 6.45) is 6.92. The van der Waals surface area contributed by atoms with E-state index in [1.807, 2.05) is 32.9 Å². The number of pyridine rings is 1. The smallest absolute Gasteiger partial charge is 0.410 e. The van der Waals surface area contributed by atoms with Crippen molar-refractivity contribution in [3.63, 3.8) is 0 Å². The highest BCUT2D eigenvalue weighted by molar-refractivity contribution is 5.76. The number of rotatable bonds is 5. The fourth-order valence-corrected chi connectivity index (χ4v) is 3.17. The van der Waals surface area contributed by atoms with Gasteiger partial charge in [0, 0.05) is 31.9 Å². The number of nitrogens with zero attached hydrogens (tertiary/aromatic N) is 5. The van der Waals surface area contributed by atoms with E-state index in [0.717, 1.165) is 18.5 Å². The number of piperidine rings is 1. The highest BCUT2D eigenvalue weighted by Crippen LogP contribution is 2.22. The molecule has 2 aromatic rings. The number of likely N-dealkylation sites (tertiary alicyclic amines) is 1. The van der Waals surface area contributed by atoms with Crippen LogP contribution in [0.3, 0.4) is 0 Å². The Bertz CT molecular complexity index is 822. The Labute approximate surface area is 170 Å². The van der Waals surface area contributed by atoms with Gasteiger partial charge in [-0.25, -0.2) is 9.48 Å². The van der Waals surface area contributed by atoms with Crippen LogP contribution >= 0.6 is 0 Å². The van der Waals surface area contributed by atoms with Crippen LogP contribution in [0.25, 0.3) is 5.69 Å². The molecule has 0 saturated carbocycles. The number of nitrogens with one attached hydrogen (secondary N) is 1. The first-order chi connectivity index (χ1) is 13.8. The van der Waals surface area contributed by atoms with Gasteiger partial charge >= 0.3 is 6.09 Å². The van der Waals surface area contributed by atoms with E-state index in [2.05, 4.69) is 20.6 Å². The summed E-state index contributed by atoms with van der Waals surface area (Å²) in [5.74, 6) is 0.250. The van der Waals surface area contributed by atoms with E-state index < -0.39 is 5.60 Å². The Hall–Kier alpha value is -2.97. The molecule has 1 saturated heterocycles. The second-order valence-corrected chi connectivity index (χ2v) is 8.25. The molecule has 3 rings (SSSR count). The number of ether oxygens (including phenoxy) is 1. The molecule has 2 aromatic heterocycles. The molecule has 1 aliphatic rings. The highest BCUT2D eigenvalue weighted by atomic mass is 16.6. The molecular formula is C20H28N6O3. The zero-order valence-corrected chi connectivity index (χ0v) is 17.2. The Balaban J connectivity index is 1.40. The summed E-state index contributed by atoms with van der Waals surface area (Å²) in [6.45, 7) is 7.15. The predicted octanol–water partition coefficient (Wildman–Crippen LogP) is 2.32. The van der Waals surface area contributed by atoms with Gasteiger partial charge in [0.2, 0.25) is 5.91 Å². The fourth-order valence-electron chi connectivity index (χ4n) is 3.17. The third kappa shape index (κ3) is 6.27. The lowest BCUT2D eigenvalue weighted by Crippen LogP contribution is -2.42. The van der Waals surface area contributed by atoms with E-state index in [9.17, 15) is 9.59 Å². The van der Waals surface area contributed by atoms with Crippen LogP contribution in [-0.4, -0.2) is 55.6 Å². The minimum Gasteiger partial charge on any atom is -0.444 e. The third-order valence-electron chi connectivity index (χ3n) is 4.68. The SMILES string of the molecule is CC(C)(C)OC(=O)N1CCC(CC(=O)NCc2cn(-c3ccncc3)nn2)CC1. The average molecular weight is 400 g/mol. The highest BCUT2D eigenvalue weighted by Gasteiger charge is 2.27. The number of aromatic nitrogens is 4. The van der Waals surface area contributed by atoms with Crippen molar-refractivity contribution >= 4 is 12.0 Å². The van der Waals surface area contributed by atoms with Gasteiger partial charge in [-0.1, -0.05) is 5.21 Å². The van der Waals surface area contributed by atoms with Gasteiger partial charge in [0.25, 0.3) is 0 Å². The van der Waals surface area contributed by atoms with Crippen molar-refractivity contribution in [2.24, 2.45) is 5.92 Å². The lowest BCUT2D eigenvalue weighted by atomic mass is 9.93. The van der Waals surface area contributed by atoms with E-state index in [4.69, 9.17) is 4.74 Å². The maximum Gasteiger partial charge on any atom is 0.410 e. The first-order valence-corrected chi connectivity index (χ1v) is 9.86. The van der Waals surface area contributed by atoms with Gasteiger partial charge in [0.05, 0.1) is 18.4 Å². The van der Waals surface area contributed by atoms with Gasteiger partial charge in [-0.05, 0) is 51.7 Å². The normalized spacial score (nSPS) is 15.2. The van der Waals surface area contributed by atoms with Crippen molar-refractivity contribution in [2.75, 3.05) is 13.1 Å². The lowest BCUT2D eigenvalue weighted by molar-refractivity contribution is -0.122. The molecule has 1 N–H and O–H groups in total. The third-order valence-corrected chi connectivity index (χ3v) is 4.68. The molecule has 2 amide bonds. The van der Waals surface area contributed by atoms with Gasteiger partial charge in [0.15, 0.2) is 0 Å². The van der Waals surface area contributed by atoms with Crippen molar-refractivity contribution in [2.45, 2.75) is 52.2 Å². The maximum absolute atomic E-state index is 12.3. The summed E-state index contributed by atoms with van der Waals surface area (Å²) in [5, 5.41) is 11.1. The van der Waals surface area contributed by atoms with Crippen LogP contribution < -0.4 is 5.32 Å². The molecule has 0 radical (unpaired) electrons. The van der Waals surface area contributed by atoms with Gasteiger partial charge in [0.1, 0.15) is 11.3 Å². The molecule has 0 unspecified atom stereocenters. The summed E-state index contributed by atoms with van der Waals surface area (Å²) in [4.78, 5) is 30.1. The maximum atomic E-state index is 12.3. The molecule has 3 heterocycles. The van der Waals surface area contributed by atoms with E-state index in [1.165, 1.54) is 0 Å². The Morgan fingerprint density at radius 2 is 1.90 bits per heavy atom. The van der Waals surface area contributed by atoms with Crippen LogP contribution in [0.4, 0.5) is 4.79 Å². The molecule has 1 aliphatic heterocycles. The molecule has 0 bridgehead atoms. The van der Waals surface area contributed by atoms with Crippen molar-refractivity contribution < 1.29 is 14.3 Å². The Kier molecular flexibility index (Phi) is 6.46. The summed E-state index contributed by atoms with van der Waals surface area (Å²) in [6, 6.07) is 3.67. The molecule has 0 spiro atoms. The molecule has 1 fully saturated rings. The Morgan fingerprint density at radius 3 is 2.55 bits per heavy atom. The first kappa shape index (κ1) is 20.8. The zero-order chi connectivity index (χ0) is 20.9.